The Morgan fingerprint density at radius 2 is 1.41 bits per heavy atom. The van der Waals surface area contributed by atoms with Gasteiger partial charge in [0.2, 0.25) is 0 Å². The summed E-state index contributed by atoms with van der Waals surface area (Å²) in [6, 6.07) is 16.8. The van der Waals surface area contributed by atoms with Crippen molar-refractivity contribution < 1.29 is 39.4 Å². The summed E-state index contributed by atoms with van der Waals surface area (Å²) in [6.45, 7) is 1.63. The van der Waals surface area contributed by atoms with E-state index in [9.17, 15) is 5.11 Å². The Balaban J connectivity index is 0.00000144. The Labute approximate surface area is 124 Å². The molecule has 0 saturated heterocycles. The van der Waals surface area contributed by atoms with Gasteiger partial charge in [-0.25, -0.2) is 0 Å². The predicted octanol–water partition coefficient (Wildman–Crippen LogP) is -0.0958. The minimum absolute atomic E-state index is 0. The number of para-hydroxylation sites is 1. The normalized spacial score (nSPS) is 11.4. The fourth-order valence-corrected chi connectivity index (χ4v) is 1.43. The summed E-state index contributed by atoms with van der Waals surface area (Å²) >= 11 is 0. The molecule has 3 heteroatoms. The van der Waals surface area contributed by atoms with Gasteiger partial charge >= 0.3 is 29.6 Å². The molecule has 0 radical (unpaired) electrons. The molecule has 0 aromatic heterocycles. The SMILES string of the molecule is CC([O-])c1ccc(Oc2ccccc2)cc1.[Na+]. The van der Waals surface area contributed by atoms with Crippen LogP contribution in [-0.2, 0) is 0 Å². The molecule has 0 heterocycles. The summed E-state index contributed by atoms with van der Waals surface area (Å²) in [5.74, 6) is 1.54. The van der Waals surface area contributed by atoms with Gasteiger partial charge in [-0.15, -0.1) is 6.10 Å². The zero-order valence-corrected chi connectivity index (χ0v) is 12.1. The number of hydrogen-bond donors (Lipinski definition) is 0. The smallest absolute Gasteiger partial charge is 0.849 e. The van der Waals surface area contributed by atoms with Crippen molar-refractivity contribution >= 4 is 0 Å². The van der Waals surface area contributed by atoms with Crippen LogP contribution in [0, 0.1) is 0 Å². The summed E-state index contributed by atoms with van der Waals surface area (Å²) < 4.78 is 5.61. The topological polar surface area (TPSA) is 32.3 Å². The molecule has 0 N–H and O–H groups in total. The van der Waals surface area contributed by atoms with Crippen molar-refractivity contribution in [3.8, 4) is 11.5 Å². The summed E-state index contributed by atoms with van der Waals surface area (Å²) in [6.07, 6.45) is -0.689. The Morgan fingerprint density at radius 1 is 0.882 bits per heavy atom. The number of benzene rings is 2. The molecule has 0 saturated carbocycles. The Hall–Kier alpha value is -0.800. The third kappa shape index (κ3) is 4.17. The third-order valence-electron chi connectivity index (χ3n) is 2.33. The molecule has 0 fully saturated rings. The van der Waals surface area contributed by atoms with Crippen molar-refractivity contribution in [2.24, 2.45) is 0 Å². The molecule has 0 bridgehead atoms. The summed E-state index contributed by atoms with van der Waals surface area (Å²) in [7, 11) is 0. The molecule has 2 aromatic rings. The molecule has 2 rings (SSSR count). The van der Waals surface area contributed by atoms with Gasteiger partial charge in [-0.3, -0.25) is 0 Å². The first kappa shape index (κ1) is 14.3. The van der Waals surface area contributed by atoms with Crippen LogP contribution in [0.1, 0.15) is 18.6 Å². The largest absolute Gasteiger partial charge is 1.00 e. The Morgan fingerprint density at radius 3 is 1.94 bits per heavy atom. The second-order valence-corrected chi connectivity index (χ2v) is 3.63. The van der Waals surface area contributed by atoms with Gasteiger partial charge in [0.1, 0.15) is 11.5 Å². The Kier molecular flexibility index (Phi) is 5.72. The van der Waals surface area contributed by atoms with Crippen LogP contribution in [-0.4, -0.2) is 0 Å². The quantitative estimate of drug-likeness (QED) is 0.697. The standard InChI is InChI=1S/C14H13O2.Na/c1-11(15)12-7-9-14(10-8-12)16-13-5-3-2-4-6-13;/h2-11H,1H3;/q-1;+1. The molecule has 2 nitrogen and oxygen atoms in total. The predicted molar refractivity (Wildman–Crippen MR) is 61.4 cm³/mol. The first-order chi connectivity index (χ1) is 7.75. The number of rotatable bonds is 3. The summed E-state index contributed by atoms with van der Waals surface area (Å²) in [5, 5.41) is 11.2. The molecular weight excluding hydrogens is 223 g/mol. The van der Waals surface area contributed by atoms with Gasteiger partial charge in [-0.2, -0.15) is 0 Å². The van der Waals surface area contributed by atoms with Crippen molar-refractivity contribution in [2.75, 3.05) is 0 Å². The van der Waals surface area contributed by atoms with Gasteiger partial charge in [0.25, 0.3) is 0 Å². The maximum atomic E-state index is 11.2. The van der Waals surface area contributed by atoms with Gasteiger partial charge in [-0.1, -0.05) is 42.8 Å². The minimum atomic E-state index is -0.689. The van der Waals surface area contributed by atoms with Crippen molar-refractivity contribution in [3.63, 3.8) is 0 Å². The second-order valence-electron chi connectivity index (χ2n) is 3.63. The maximum absolute atomic E-state index is 11.2. The van der Waals surface area contributed by atoms with E-state index in [0.29, 0.717) is 0 Å². The third-order valence-corrected chi connectivity index (χ3v) is 2.33. The molecule has 0 spiro atoms. The van der Waals surface area contributed by atoms with Crippen LogP contribution in [0.15, 0.2) is 54.6 Å². The van der Waals surface area contributed by atoms with E-state index in [1.54, 1.807) is 19.1 Å². The fourth-order valence-electron chi connectivity index (χ4n) is 1.43. The average Bonchev–Trinajstić information content (AvgIpc) is 2.31. The molecule has 0 aliphatic carbocycles. The molecule has 1 unspecified atom stereocenters. The summed E-state index contributed by atoms with van der Waals surface area (Å²) in [5.41, 5.74) is 0.778. The van der Waals surface area contributed by atoms with E-state index >= 15 is 0 Å². The monoisotopic (exact) mass is 236 g/mol. The van der Waals surface area contributed by atoms with E-state index in [1.807, 2.05) is 42.5 Å². The van der Waals surface area contributed by atoms with Crippen molar-refractivity contribution in [1.82, 2.24) is 0 Å². The van der Waals surface area contributed by atoms with Crippen LogP contribution in [0.3, 0.4) is 0 Å². The van der Waals surface area contributed by atoms with Crippen molar-refractivity contribution in [2.45, 2.75) is 13.0 Å². The van der Waals surface area contributed by atoms with E-state index in [0.717, 1.165) is 17.1 Å². The first-order valence-corrected chi connectivity index (χ1v) is 5.24. The van der Waals surface area contributed by atoms with E-state index in [-0.39, 0.29) is 29.6 Å². The minimum Gasteiger partial charge on any atom is -0.849 e. The van der Waals surface area contributed by atoms with Crippen LogP contribution in [0.5, 0.6) is 11.5 Å². The number of hydrogen-bond acceptors (Lipinski definition) is 2. The first-order valence-electron chi connectivity index (χ1n) is 5.24. The van der Waals surface area contributed by atoms with Crippen molar-refractivity contribution in [1.29, 1.82) is 0 Å². The van der Waals surface area contributed by atoms with Crippen LogP contribution >= 0.6 is 0 Å². The second kappa shape index (κ2) is 6.82. The van der Waals surface area contributed by atoms with Gasteiger partial charge in [-0.05, 0) is 24.3 Å². The zero-order chi connectivity index (χ0) is 11.4. The average molecular weight is 236 g/mol. The van der Waals surface area contributed by atoms with Crippen LogP contribution in [0.25, 0.3) is 0 Å². The number of ether oxygens (including phenoxy) is 1. The van der Waals surface area contributed by atoms with Gasteiger partial charge in [0.15, 0.2) is 0 Å². The molecule has 1 atom stereocenters. The molecular formula is C14H13NaO2. The maximum Gasteiger partial charge on any atom is 1.00 e. The summed E-state index contributed by atoms with van der Waals surface area (Å²) in [4.78, 5) is 0. The van der Waals surface area contributed by atoms with Gasteiger partial charge in [0.05, 0.1) is 0 Å². The van der Waals surface area contributed by atoms with E-state index in [1.165, 1.54) is 0 Å². The molecule has 82 valence electrons. The Bertz CT molecular complexity index is 438. The molecule has 0 aliphatic heterocycles. The van der Waals surface area contributed by atoms with Crippen LogP contribution in [0.4, 0.5) is 0 Å². The fraction of sp³-hybridized carbons (Fsp3) is 0.143. The molecule has 0 aliphatic rings. The molecule has 2 aromatic carbocycles. The van der Waals surface area contributed by atoms with Gasteiger partial charge < -0.3 is 9.84 Å². The van der Waals surface area contributed by atoms with E-state index < -0.39 is 6.10 Å². The van der Waals surface area contributed by atoms with E-state index in [2.05, 4.69) is 0 Å². The van der Waals surface area contributed by atoms with Crippen LogP contribution in [0.2, 0.25) is 0 Å². The molecule has 0 amide bonds. The van der Waals surface area contributed by atoms with Crippen LogP contribution < -0.4 is 39.4 Å². The zero-order valence-electron chi connectivity index (χ0n) is 10.1. The van der Waals surface area contributed by atoms with Crippen molar-refractivity contribution in [3.05, 3.63) is 60.2 Å². The molecule has 17 heavy (non-hydrogen) atoms. The van der Waals surface area contributed by atoms with Gasteiger partial charge in [0, 0.05) is 0 Å². The van der Waals surface area contributed by atoms with E-state index in [4.69, 9.17) is 4.74 Å².